The highest BCUT2D eigenvalue weighted by Crippen LogP contribution is 2.22. The third-order valence-electron chi connectivity index (χ3n) is 5.23. The number of hydrogen-bond donors (Lipinski definition) is 1. The fourth-order valence-corrected chi connectivity index (χ4v) is 4.07. The number of β-amino-alcohol motifs (C(OH)–C–C–N with tert-alkyl or cyclic N) is 1. The maximum Gasteiger partial charge on any atom is 0.0793 e. The molecule has 0 aromatic carbocycles. The first kappa shape index (κ1) is 16.7. The van der Waals surface area contributed by atoms with Crippen molar-refractivity contribution in [1.29, 1.82) is 0 Å². The van der Waals surface area contributed by atoms with Gasteiger partial charge in [-0.15, -0.1) is 0 Å². The monoisotopic (exact) mass is 312 g/mol. The summed E-state index contributed by atoms with van der Waals surface area (Å²) >= 11 is 0. The van der Waals surface area contributed by atoms with Crippen LogP contribution in [0.4, 0.5) is 0 Å². The molecule has 5 heteroatoms. The zero-order valence-corrected chi connectivity index (χ0v) is 14.1. The van der Waals surface area contributed by atoms with Crippen LogP contribution in [0.1, 0.15) is 39.5 Å². The maximum atomic E-state index is 10.3. The van der Waals surface area contributed by atoms with E-state index in [1.54, 1.807) is 0 Å². The van der Waals surface area contributed by atoms with Crippen molar-refractivity contribution < 1.29 is 14.6 Å². The zero-order valence-electron chi connectivity index (χ0n) is 14.1. The fourth-order valence-electron chi connectivity index (χ4n) is 4.07. The molecule has 0 radical (unpaired) electrons. The van der Waals surface area contributed by atoms with Gasteiger partial charge in [0.05, 0.1) is 30.5 Å². The number of aliphatic hydroxyl groups excluding tert-OH is 1. The van der Waals surface area contributed by atoms with E-state index in [0.717, 1.165) is 52.1 Å². The number of rotatable bonds is 4. The Kier molecular flexibility index (Phi) is 5.74. The van der Waals surface area contributed by atoms with E-state index in [1.165, 1.54) is 12.8 Å². The van der Waals surface area contributed by atoms with Crippen molar-refractivity contribution in [2.45, 2.75) is 70.1 Å². The summed E-state index contributed by atoms with van der Waals surface area (Å²) < 4.78 is 11.9. The Hall–Kier alpha value is -0.200. The Morgan fingerprint density at radius 3 is 1.64 bits per heavy atom. The Balaban J connectivity index is 1.45. The number of ether oxygens (including phenoxy) is 2. The van der Waals surface area contributed by atoms with Gasteiger partial charge in [-0.05, 0) is 39.5 Å². The second-order valence-corrected chi connectivity index (χ2v) is 7.47. The average molecular weight is 312 g/mol. The van der Waals surface area contributed by atoms with Gasteiger partial charge in [0.25, 0.3) is 0 Å². The minimum atomic E-state index is -0.264. The SMILES string of the molecule is C[C@@H]1CC[C@H](CN2CCN(C[C@H]3CC[C@H](C)O3)CC(O)C2)O1. The first-order valence-electron chi connectivity index (χ1n) is 9.02. The van der Waals surface area contributed by atoms with E-state index in [-0.39, 0.29) is 6.10 Å². The van der Waals surface area contributed by atoms with E-state index >= 15 is 0 Å². The minimum absolute atomic E-state index is 0.264. The molecular weight excluding hydrogens is 280 g/mol. The second-order valence-electron chi connectivity index (χ2n) is 7.47. The van der Waals surface area contributed by atoms with Crippen LogP contribution in [0, 0.1) is 0 Å². The van der Waals surface area contributed by atoms with E-state index in [1.807, 2.05) is 0 Å². The van der Waals surface area contributed by atoms with Crippen LogP contribution in [-0.4, -0.2) is 84.7 Å². The molecule has 0 spiro atoms. The third kappa shape index (κ3) is 4.65. The maximum absolute atomic E-state index is 10.3. The van der Waals surface area contributed by atoms with Crippen LogP contribution in [0.2, 0.25) is 0 Å². The zero-order chi connectivity index (χ0) is 15.5. The van der Waals surface area contributed by atoms with Crippen LogP contribution in [-0.2, 0) is 9.47 Å². The van der Waals surface area contributed by atoms with Gasteiger partial charge in [0, 0.05) is 39.3 Å². The Labute approximate surface area is 134 Å². The first-order chi connectivity index (χ1) is 10.6. The summed E-state index contributed by atoms with van der Waals surface area (Å²) in [5.41, 5.74) is 0. The van der Waals surface area contributed by atoms with Gasteiger partial charge < -0.3 is 14.6 Å². The quantitative estimate of drug-likeness (QED) is 0.842. The van der Waals surface area contributed by atoms with Crippen molar-refractivity contribution in [3.63, 3.8) is 0 Å². The van der Waals surface area contributed by atoms with E-state index < -0.39 is 0 Å². The van der Waals surface area contributed by atoms with E-state index in [2.05, 4.69) is 23.6 Å². The van der Waals surface area contributed by atoms with Gasteiger partial charge >= 0.3 is 0 Å². The molecule has 1 unspecified atom stereocenters. The van der Waals surface area contributed by atoms with Crippen LogP contribution < -0.4 is 0 Å². The van der Waals surface area contributed by atoms with E-state index in [9.17, 15) is 5.11 Å². The first-order valence-corrected chi connectivity index (χ1v) is 9.02. The van der Waals surface area contributed by atoms with Gasteiger partial charge in [-0.1, -0.05) is 0 Å². The Morgan fingerprint density at radius 1 is 0.818 bits per heavy atom. The van der Waals surface area contributed by atoms with Gasteiger partial charge in [-0.25, -0.2) is 0 Å². The largest absolute Gasteiger partial charge is 0.390 e. The molecule has 3 fully saturated rings. The third-order valence-corrected chi connectivity index (χ3v) is 5.23. The molecule has 5 atom stereocenters. The van der Waals surface area contributed by atoms with Crippen molar-refractivity contribution in [3.05, 3.63) is 0 Å². The van der Waals surface area contributed by atoms with Gasteiger partial charge in [-0.2, -0.15) is 0 Å². The Bertz CT molecular complexity index is 323. The summed E-state index contributed by atoms with van der Waals surface area (Å²) in [6, 6.07) is 0. The predicted molar refractivity (Wildman–Crippen MR) is 86.0 cm³/mol. The highest BCUT2D eigenvalue weighted by Gasteiger charge is 2.29. The molecular formula is C17H32N2O3. The highest BCUT2D eigenvalue weighted by atomic mass is 16.5. The molecule has 3 aliphatic rings. The van der Waals surface area contributed by atoms with Crippen molar-refractivity contribution >= 4 is 0 Å². The summed E-state index contributed by atoms with van der Waals surface area (Å²) in [5.74, 6) is 0. The van der Waals surface area contributed by atoms with Crippen LogP contribution in [0.15, 0.2) is 0 Å². The van der Waals surface area contributed by atoms with E-state index in [4.69, 9.17) is 9.47 Å². The molecule has 128 valence electrons. The van der Waals surface area contributed by atoms with Crippen LogP contribution in [0.25, 0.3) is 0 Å². The molecule has 3 aliphatic heterocycles. The van der Waals surface area contributed by atoms with Crippen molar-refractivity contribution in [3.8, 4) is 0 Å². The van der Waals surface area contributed by atoms with Gasteiger partial charge in [0.1, 0.15) is 0 Å². The standard InChI is InChI=1S/C17H32N2O3/c1-13-3-5-16(21-13)11-18-7-8-19(10-15(20)9-18)12-17-6-4-14(2)22-17/h13-17,20H,3-12H2,1-2H3/t13-,14+,15?,16-,17-/m1/s1. The molecule has 0 aromatic rings. The number of nitrogens with zero attached hydrogens (tertiary/aromatic N) is 2. The molecule has 3 heterocycles. The summed E-state index contributed by atoms with van der Waals surface area (Å²) in [6.07, 6.45) is 5.91. The van der Waals surface area contributed by atoms with Crippen LogP contribution >= 0.6 is 0 Å². The molecule has 0 aromatic heterocycles. The summed E-state index contributed by atoms with van der Waals surface area (Å²) in [4.78, 5) is 4.76. The summed E-state index contributed by atoms with van der Waals surface area (Å²) in [5, 5.41) is 10.3. The average Bonchev–Trinajstić information content (AvgIpc) is 2.99. The molecule has 1 N–H and O–H groups in total. The number of hydrogen-bond acceptors (Lipinski definition) is 5. The smallest absolute Gasteiger partial charge is 0.0793 e. The lowest BCUT2D eigenvalue weighted by Gasteiger charge is -2.25. The predicted octanol–water partition coefficient (Wildman–Crippen LogP) is 1.10. The minimum Gasteiger partial charge on any atom is -0.390 e. The molecule has 5 nitrogen and oxygen atoms in total. The molecule has 22 heavy (non-hydrogen) atoms. The highest BCUT2D eigenvalue weighted by molar-refractivity contribution is 4.82. The summed E-state index contributed by atoms with van der Waals surface area (Å²) in [6.45, 7) is 9.82. The van der Waals surface area contributed by atoms with E-state index in [0.29, 0.717) is 24.4 Å². The Morgan fingerprint density at radius 2 is 1.27 bits per heavy atom. The van der Waals surface area contributed by atoms with Crippen molar-refractivity contribution in [2.75, 3.05) is 39.3 Å². The topological polar surface area (TPSA) is 45.2 Å². The molecule has 0 aliphatic carbocycles. The van der Waals surface area contributed by atoms with Gasteiger partial charge in [0.15, 0.2) is 0 Å². The molecule has 0 bridgehead atoms. The lowest BCUT2D eigenvalue weighted by molar-refractivity contribution is 0.0223. The normalized spacial score (nSPS) is 41.9. The molecule has 3 rings (SSSR count). The van der Waals surface area contributed by atoms with Crippen molar-refractivity contribution in [1.82, 2.24) is 9.80 Å². The molecule has 3 saturated heterocycles. The van der Waals surface area contributed by atoms with Gasteiger partial charge in [0.2, 0.25) is 0 Å². The second kappa shape index (κ2) is 7.58. The van der Waals surface area contributed by atoms with Crippen molar-refractivity contribution in [2.24, 2.45) is 0 Å². The molecule has 0 amide bonds. The van der Waals surface area contributed by atoms with Gasteiger partial charge in [-0.3, -0.25) is 9.80 Å². The van der Waals surface area contributed by atoms with Crippen LogP contribution in [0.5, 0.6) is 0 Å². The number of aliphatic hydroxyl groups is 1. The lowest BCUT2D eigenvalue weighted by Crippen LogP contribution is -2.38. The summed E-state index contributed by atoms with van der Waals surface area (Å²) in [7, 11) is 0. The lowest BCUT2D eigenvalue weighted by atomic mass is 10.2. The molecule has 0 saturated carbocycles. The fraction of sp³-hybridized carbons (Fsp3) is 1.00. The van der Waals surface area contributed by atoms with Crippen LogP contribution in [0.3, 0.4) is 0 Å².